The lowest BCUT2D eigenvalue weighted by Crippen LogP contribution is -2.13. The molecule has 22 heavy (non-hydrogen) atoms. The van der Waals surface area contributed by atoms with Crippen molar-refractivity contribution < 1.29 is 14.3 Å². The zero-order chi connectivity index (χ0) is 16.1. The van der Waals surface area contributed by atoms with Gasteiger partial charge in [0.25, 0.3) is 5.91 Å². The van der Waals surface area contributed by atoms with Gasteiger partial charge in [-0.05, 0) is 18.2 Å². The number of rotatable bonds is 4. The summed E-state index contributed by atoms with van der Waals surface area (Å²) in [5.41, 5.74) is 1.21. The maximum Gasteiger partial charge on any atom is 0.255 e. The summed E-state index contributed by atoms with van der Waals surface area (Å²) in [5, 5.41) is 12.0. The van der Waals surface area contributed by atoms with Crippen LogP contribution in [-0.2, 0) is 0 Å². The second-order valence-electron chi connectivity index (χ2n) is 4.33. The van der Waals surface area contributed by atoms with Crippen molar-refractivity contribution in [1.29, 1.82) is 5.26 Å². The molecule has 0 spiro atoms. The van der Waals surface area contributed by atoms with Crippen LogP contribution in [0.25, 0.3) is 0 Å². The van der Waals surface area contributed by atoms with Gasteiger partial charge in [-0.2, -0.15) is 5.26 Å². The van der Waals surface area contributed by atoms with Crippen molar-refractivity contribution in [3.05, 3.63) is 52.5 Å². The van der Waals surface area contributed by atoms with E-state index in [1.165, 1.54) is 20.3 Å². The average Bonchev–Trinajstić information content (AvgIpc) is 2.55. The van der Waals surface area contributed by atoms with E-state index < -0.39 is 0 Å². The number of benzene rings is 2. The van der Waals surface area contributed by atoms with Crippen LogP contribution in [0.1, 0.15) is 15.9 Å². The SMILES string of the molecule is COc1cc(NC(=O)c2cccc(C#N)c2)c(OC)cc1Cl. The molecule has 0 aliphatic rings. The second kappa shape index (κ2) is 6.83. The van der Waals surface area contributed by atoms with Gasteiger partial charge in [-0.25, -0.2) is 0 Å². The largest absolute Gasteiger partial charge is 0.495 e. The monoisotopic (exact) mass is 316 g/mol. The molecule has 0 heterocycles. The summed E-state index contributed by atoms with van der Waals surface area (Å²) in [6.07, 6.45) is 0. The molecule has 0 fully saturated rings. The lowest BCUT2D eigenvalue weighted by atomic mass is 10.1. The summed E-state index contributed by atoms with van der Waals surface area (Å²) in [6, 6.07) is 11.5. The first-order valence-electron chi connectivity index (χ1n) is 6.32. The number of nitriles is 1. The lowest BCUT2D eigenvalue weighted by molar-refractivity contribution is 0.102. The van der Waals surface area contributed by atoms with Crippen molar-refractivity contribution in [3.8, 4) is 17.6 Å². The number of hydrogen-bond acceptors (Lipinski definition) is 4. The Labute approximate surface area is 133 Å². The number of halogens is 1. The highest BCUT2D eigenvalue weighted by Crippen LogP contribution is 2.36. The molecule has 0 aliphatic carbocycles. The quantitative estimate of drug-likeness (QED) is 0.937. The third-order valence-electron chi connectivity index (χ3n) is 2.98. The number of methoxy groups -OCH3 is 2. The molecule has 2 rings (SSSR count). The Hall–Kier alpha value is -2.71. The first-order valence-corrected chi connectivity index (χ1v) is 6.70. The smallest absolute Gasteiger partial charge is 0.255 e. The summed E-state index contributed by atoms with van der Waals surface area (Å²) in [4.78, 5) is 12.3. The van der Waals surface area contributed by atoms with Gasteiger partial charge in [0.1, 0.15) is 11.5 Å². The molecular weight excluding hydrogens is 304 g/mol. The van der Waals surface area contributed by atoms with Gasteiger partial charge in [0.2, 0.25) is 0 Å². The molecule has 112 valence electrons. The molecule has 1 amide bonds. The lowest BCUT2D eigenvalue weighted by Gasteiger charge is -2.13. The van der Waals surface area contributed by atoms with E-state index in [9.17, 15) is 4.79 Å². The zero-order valence-corrected chi connectivity index (χ0v) is 12.8. The number of carbonyl (C=O) groups is 1. The summed E-state index contributed by atoms with van der Waals surface area (Å²) in [5.74, 6) is 0.471. The van der Waals surface area contributed by atoms with Gasteiger partial charge < -0.3 is 14.8 Å². The number of nitrogens with zero attached hydrogens (tertiary/aromatic N) is 1. The van der Waals surface area contributed by atoms with Crippen LogP contribution in [0.2, 0.25) is 5.02 Å². The van der Waals surface area contributed by atoms with Gasteiger partial charge in [0.05, 0.1) is 36.6 Å². The van der Waals surface area contributed by atoms with Crippen molar-refractivity contribution in [1.82, 2.24) is 0 Å². The highest BCUT2D eigenvalue weighted by atomic mass is 35.5. The first-order chi connectivity index (χ1) is 10.6. The molecule has 0 aliphatic heterocycles. The van der Waals surface area contributed by atoms with E-state index in [1.807, 2.05) is 6.07 Å². The average molecular weight is 317 g/mol. The molecule has 0 aromatic heterocycles. The summed E-state index contributed by atoms with van der Waals surface area (Å²) in [6.45, 7) is 0. The van der Waals surface area contributed by atoms with Crippen LogP contribution in [0.5, 0.6) is 11.5 Å². The van der Waals surface area contributed by atoms with E-state index in [4.69, 9.17) is 26.3 Å². The summed E-state index contributed by atoms with van der Waals surface area (Å²) >= 11 is 6.02. The number of anilines is 1. The van der Waals surface area contributed by atoms with Crippen LogP contribution in [0, 0.1) is 11.3 Å². The Bertz CT molecular complexity index is 754. The van der Waals surface area contributed by atoms with E-state index in [0.29, 0.717) is 33.3 Å². The fourth-order valence-electron chi connectivity index (χ4n) is 1.88. The highest BCUT2D eigenvalue weighted by molar-refractivity contribution is 6.32. The topological polar surface area (TPSA) is 71.3 Å². The Morgan fingerprint density at radius 3 is 2.55 bits per heavy atom. The second-order valence-corrected chi connectivity index (χ2v) is 4.74. The minimum Gasteiger partial charge on any atom is -0.495 e. The molecule has 0 saturated heterocycles. The van der Waals surface area contributed by atoms with Crippen molar-refractivity contribution in [2.45, 2.75) is 0 Å². The van der Waals surface area contributed by atoms with Gasteiger partial charge in [0.15, 0.2) is 0 Å². The van der Waals surface area contributed by atoms with Crippen LogP contribution in [0.3, 0.4) is 0 Å². The third-order valence-corrected chi connectivity index (χ3v) is 3.27. The summed E-state index contributed by atoms with van der Waals surface area (Å²) < 4.78 is 10.3. The minimum absolute atomic E-state index is 0.361. The van der Waals surface area contributed by atoms with Crippen molar-refractivity contribution in [2.75, 3.05) is 19.5 Å². The molecule has 5 nitrogen and oxygen atoms in total. The van der Waals surface area contributed by atoms with E-state index in [2.05, 4.69) is 5.32 Å². The van der Waals surface area contributed by atoms with Crippen LogP contribution >= 0.6 is 11.6 Å². The molecule has 0 saturated carbocycles. The number of nitrogens with one attached hydrogen (secondary N) is 1. The van der Waals surface area contributed by atoms with Crippen molar-refractivity contribution in [2.24, 2.45) is 0 Å². The van der Waals surface area contributed by atoms with Crippen LogP contribution in [-0.4, -0.2) is 20.1 Å². The maximum atomic E-state index is 12.3. The van der Waals surface area contributed by atoms with Gasteiger partial charge in [-0.3, -0.25) is 4.79 Å². The van der Waals surface area contributed by atoms with Gasteiger partial charge in [0, 0.05) is 17.7 Å². The van der Waals surface area contributed by atoms with Gasteiger partial charge in [-0.15, -0.1) is 0 Å². The van der Waals surface area contributed by atoms with E-state index >= 15 is 0 Å². The molecule has 2 aromatic rings. The molecule has 6 heteroatoms. The normalized spacial score (nSPS) is 9.73. The highest BCUT2D eigenvalue weighted by Gasteiger charge is 2.14. The maximum absolute atomic E-state index is 12.3. The predicted molar refractivity (Wildman–Crippen MR) is 83.7 cm³/mol. The minimum atomic E-state index is -0.361. The molecule has 1 N–H and O–H groups in total. The zero-order valence-electron chi connectivity index (χ0n) is 12.0. The molecule has 0 unspecified atom stereocenters. The van der Waals surface area contributed by atoms with Crippen molar-refractivity contribution >= 4 is 23.2 Å². The van der Waals surface area contributed by atoms with Gasteiger partial charge in [-0.1, -0.05) is 17.7 Å². The summed E-state index contributed by atoms with van der Waals surface area (Å²) in [7, 11) is 2.96. The third kappa shape index (κ3) is 3.30. The molecule has 0 atom stereocenters. The van der Waals surface area contributed by atoms with Crippen LogP contribution in [0.4, 0.5) is 5.69 Å². The van der Waals surface area contributed by atoms with E-state index in [1.54, 1.807) is 30.3 Å². The van der Waals surface area contributed by atoms with Crippen LogP contribution < -0.4 is 14.8 Å². The van der Waals surface area contributed by atoms with Crippen LogP contribution in [0.15, 0.2) is 36.4 Å². The molecule has 2 aromatic carbocycles. The Morgan fingerprint density at radius 2 is 1.91 bits per heavy atom. The number of carbonyl (C=O) groups excluding carboxylic acids is 1. The number of hydrogen-bond donors (Lipinski definition) is 1. The standard InChI is InChI=1S/C16H13ClN2O3/c1-21-14-8-13(15(22-2)7-12(14)17)19-16(20)11-5-3-4-10(6-11)9-18/h3-8H,1-2H3,(H,19,20). The predicted octanol–water partition coefficient (Wildman–Crippen LogP) is 3.48. The van der Waals surface area contributed by atoms with Gasteiger partial charge >= 0.3 is 0 Å². The van der Waals surface area contributed by atoms with E-state index in [-0.39, 0.29) is 5.91 Å². The van der Waals surface area contributed by atoms with E-state index in [0.717, 1.165) is 0 Å². The van der Waals surface area contributed by atoms with Crippen molar-refractivity contribution in [3.63, 3.8) is 0 Å². The number of ether oxygens (including phenoxy) is 2. The fraction of sp³-hybridized carbons (Fsp3) is 0.125. The fourth-order valence-corrected chi connectivity index (χ4v) is 2.11. The molecule has 0 bridgehead atoms. The molecular formula is C16H13ClN2O3. The Balaban J connectivity index is 2.33. The Morgan fingerprint density at radius 1 is 1.18 bits per heavy atom. The first kappa shape index (κ1) is 15.7. The molecule has 0 radical (unpaired) electrons. The number of amides is 1. The Kier molecular flexibility index (Phi) is 4.87.